The highest BCUT2D eigenvalue weighted by Crippen LogP contribution is 2.37. The van der Waals surface area contributed by atoms with Crippen LogP contribution in [0.15, 0.2) is 48.7 Å². The van der Waals surface area contributed by atoms with E-state index >= 15 is 0 Å². The molecule has 204 valence electrons. The van der Waals surface area contributed by atoms with Gasteiger partial charge in [0.25, 0.3) is 5.91 Å². The van der Waals surface area contributed by atoms with Crippen LogP contribution >= 0.6 is 11.6 Å². The normalized spacial score (nSPS) is 15.2. The average Bonchev–Trinajstić information content (AvgIpc) is 3.22. The van der Waals surface area contributed by atoms with E-state index in [2.05, 4.69) is 34.1 Å². The van der Waals surface area contributed by atoms with E-state index in [1.165, 1.54) is 18.3 Å². The number of nitrogens with zero attached hydrogens (tertiary/aromatic N) is 4. The Morgan fingerprint density at radius 3 is 2.50 bits per heavy atom. The molecule has 1 aromatic heterocycles. The number of anilines is 1. The molecule has 0 bridgehead atoms. The highest BCUT2D eigenvalue weighted by atomic mass is 35.5. The Labute approximate surface area is 225 Å². The molecule has 3 aromatic rings. The number of alkyl halides is 3. The molecule has 1 N–H and O–H groups in total. The second-order valence-corrected chi connectivity index (χ2v) is 9.94. The van der Waals surface area contributed by atoms with Gasteiger partial charge in [-0.25, -0.2) is 0 Å². The molecule has 7 nitrogen and oxygen atoms in total. The summed E-state index contributed by atoms with van der Waals surface area (Å²) in [5, 5.41) is 7.29. The monoisotopic (exact) mass is 549 g/mol. The van der Waals surface area contributed by atoms with Crippen molar-refractivity contribution in [3.05, 3.63) is 64.8 Å². The van der Waals surface area contributed by atoms with Crippen molar-refractivity contribution in [2.75, 3.05) is 44.6 Å². The Morgan fingerprint density at radius 1 is 1.13 bits per heavy atom. The van der Waals surface area contributed by atoms with Gasteiger partial charge in [0.2, 0.25) is 0 Å². The fourth-order valence-corrected chi connectivity index (χ4v) is 4.73. The summed E-state index contributed by atoms with van der Waals surface area (Å²) >= 11 is 6.41. The van der Waals surface area contributed by atoms with E-state index in [0.717, 1.165) is 44.9 Å². The van der Waals surface area contributed by atoms with Gasteiger partial charge in [-0.1, -0.05) is 17.7 Å². The summed E-state index contributed by atoms with van der Waals surface area (Å²) in [6.45, 7) is 9.62. The van der Waals surface area contributed by atoms with Gasteiger partial charge in [0.1, 0.15) is 12.4 Å². The van der Waals surface area contributed by atoms with Gasteiger partial charge in [-0.05, 0) is 50.2 Å². The highest BCUT2D eigenvalue weighted by molar-refractivity contribution is 6.33. The lowest BCUT2D eigenvalue weighted by molar-refractivity contribution is -0.137. The van der Waals surface area contributed by atoms with E-state index in [9.17, 15) is 18.0 Å². The van der Waals surface area contributed by atoms with Crippen LogP contribution in [0.4, 0.5) is 18.9 Å². The van der Waals surface area contributed by atoms with Crippen molar-refractivity contribution in [3.8, 4) is 17.0 Å². The lowest BCUT2D eigenvalue weighted by Crippen LogP contribution is -2.49. The maximum atomic E-state index is 13.1. The first-order chi connectivity index (χ1) is 18.0. The molecule has 0 atom stereocenters. The molecule has 1 aliphatic rings. The van der Waals surface area contributed by atoms with Crippen molar-refractivity contribution >= 4 is 23.2 Å². The molecule has 2 aromatic carbocycles. The minimum Gasteiger partial charge on any atom is -0.492 e. The lowest BCUT2D eigenvalue weighted by Gasteiger charge is -2.36. The molecule has 1 saturated heterocycles. The molecule has 0 saturated carbocycles. The summed E-state index contributed by atoms with van der Waals surface area (Å²) in [4.78, 5) is 17.6. The first-order valence-corrected chi connectivity index (χ1v) is 12.8. The average molecular weight is 550 g/mol. The highest BCUT2D eigenvalue weighted by Gasteiger charge is 2.31. The number of aromatic nitrogens is 2. The third-order valence-corrected chi connectivity index (χ3v) is 6.92. The number of hydrogen-bond donors (Lipinski definition) is 1. The number of ether oxygens (including phenoxy) is 1. The molecular weight excluding hydrogens is 519 g/mol. The zero-order chi connectivity index (χ0) is 27.4. The first-order valence-electron chi connectivity index (χ1n) is 12.4. The molecule has 4 rings (SSSR count). The molecule has 2 heterocycles. The standard InChI is InChI=1S/C27H31ClF3N5O2/c1-18(2)36-11-9-35(10-12-36)13-14-38-24-8-7-21(16-22(24)25-23(28)17-32-34(25)3)33-26(37)19-5-4-6-20(15-19)27(29,30)31/h4-8,15-18H,9-14H2,1-3H3,(H,33,37). The molecule has 1 amide bonds. The molecule has 11 heteroatoms. The number of carbonyl (C=O) groups is 1. The number of rotatable bonds is 8. The quantitative estimate of drug-likeness (QED) is 0.407. The van der Waals surface area contributed by atoms with E-state index in [-0.39, 0.29) is 5.56 Å². The number of halogens is 4. The Balaban J connectivity index is 1.50. The largest absolute Gasteiger partial charge is 0.492 e. The van der Waals surface area contributed by atoms with Crippen LogP contribution in [0.1, 0.15) is 29.8 Å². The van der Waals surface area contributed by atoms with E-state index in [1.54, 1.807) is 29.9 Å². The van der Waals surface area contributed by atoms with Gasteiger partial charge in [-0.2, -0.15) is 18.3 Å². The van der Waals surface area contributed by atoms with E-state index in [0.29, 0.717) is 40.4 Å². The third-order valence-electron chi connectivity index (χ3n) is 6.64. The smallest absolute Gasteiger partial charge is 0.416 e. The molecule has 0 aliphatic carbocycles. The van der Waals surface area contributed by atoms with Gasteiger partial charge >= 0.3 is 6.18 Å². The van der Waals surface area contributed by atoms with Crippen LogP contribution in [0.5, 0.6) is 5.75 Å². The predicted octanol–water partition coefficient (Wildman–Crippen LogP) is 5.42. The number of aryl methyl sites for hydroxylation is 1. The van der Waals surface area contributed by atoms with E-state index in [4.69, 9.17) is 16.3 Å². The van der Waals surface area contributed by atoms with Crippen molar-refractivity contribution < 1.29 is 22.7 Å². The van der Waals surface area contributed by atoms with Crippen molar-refractivity contribution in [2.45, 2.75) is 26.1 Å². The molecule has 0 radical (unpaired) electrons. The zero-order valence-electron chi connectivity index (χ0n) is 21.6. The van der Waals surface area contributed by atoms with Gasteiger partial charge in [-0.3, -0.25) is 19.3 Å². The second-order valence-electron chi connectivity index (χ2n) is 9.53. The second kappa shape index (κ2) is 11.8. The number of carbonyl (C=O) groups excluding carboxylic acids is 1. The molecular formula is C27H31ClF3N5O2. The number of benzene rings is 2. The third kappa shape index (κ3) is 6.67. The summed E-state index contributed by atoms with van der Waals surface area (Å²) in [5.74, 6) is -0.0965. The molecule has 38 heavy (non-hydrogen) atoms. The van der Waals surface area contributed by atoms with Gasteiger partial charge < -0.3 is 10.1 Å². The van der Waals surface area contributed by atoms with E-state index in [1.807, 2.05) is 0 Å². The van der Waals surface area contributed by atoms with Crippen LogP contribution in [0.2, 0.25) is 5.02 Å². The summed E-state index contributed by atoms with van der Waals surface area (Å²) in [6, 6.07) is 9.88. The fraction of sp³-hybridized carbons (Fsp3) is 0.407. The van der Waals surface area contributed by atoms with Crippen LogP contribution in [0, 0.1) is 0 Å². The number of hydrogen-bond acceptors (Lipinski definition) is 5. The molecule has 0 spiro atoms. The Bertz CT molecular complexity index is 1250. The Morgan fingerprint density at radius 2 is 1.87 bits per heavy atom. The molecule has 1 fully saturated rings. The predicted molar refractivity (Wildman–Crippen MR) is 142 cm³/mol. The fourth-order valence-electron chi connectivity index (χ4n) is 4.46. The number of piperazine rings is 1. The maximum absolute atomic E-state index is 13.1. The van der Waals surface area contributed by atoms with Gasteiger partial charge in [-0.15, -0.1) is 0 Å². The minimum atomic E-state index is -4.54. The SMILES string of the molecule is CC(C)N1CCN(CCOc2ccc(NC(=O)c3cccc(C(F)(F)F)c3)cc2-c2c(Cl)cnn2C)CC1. The maximum Gasteiger partial charge on any atom is 0.416 e. The zero-order valence-corrected chi connectivity index (χ0v) is 22.3. The summed E-state index contributed by atoms with van der Waals surface area (Å²) in [6.07, 6.45) is -3.02. The number of nitrogens with one attached hydrogen (secondary N) is 1. The Kier molecular flexibility index (Phi) is 8.64. The topological polar surface area (TPSA) is 62.6 Å². The lowest BCUT2D eigenvalue weighted by atomic mass is 10.1. The first kappa shape index (κ1) is 27.9. The van der Waals surface area contributed by atoms with Crippen LogP contribution in [0.25, 0.3) is 11.3 Å². The Hall–Kier alpha value is -3.08. The summed E-state index contributed by atoms with van der Waals surface area (Å²) < 4.78 is 47.0. The summed E-state index contributed by atoms with van der Waals surface area (Å²) in [7, 11) is 1.74. The summed E-state index contributed by atoms with van der Waals surface area (Å²) in [5.41, 5.74) is 0.611. The van der Waals surface area contributed by atoms with Crippen LogP contribution in [-0.4, -0.2) is 70.9 Å². The van der Waals surface area contributed by atoms with Crippen molar-refractivity contribution in [2.24, 2.45) is 7.05 Å². The van der Waals surface area contributed by atoms with Crippen LogP contribution in [-0.2, 0) is 13.2 Å². The van der Waals surface area contributed by atoms with Crippen LogP contribution < -0.4 is 10.1 Å². The van der Waals surface area contributed by atoms with E-state index < -0.39 is 17.6 Å². The van der Waals surface area contributed by atoms with Gasteiger partial charge in [0, 0.05) is 62.6 Å². The minimum absolute atomic E-state index is 0.0992. The molecule has 0 unspecified atom stereocenters. The van der Waals surface area contributed by atoms with Gasteiger partial charge in [0.05, 0.1) is 22.5 Å². The molecule has 1 aliphatic heterocycles. The van der Waals surface area contributed by atoms with Gasteiger partial charge in [0.15, 0.2) is 0 Å². The van der Waals surface area contributed by atoms with Crippen LogP contribution in [0.3, 0.4) is 0 Å². The number of amides is 1. The van der Waals surface area contributed by atoms with Crippen molar-refractivity contribution in [1.29, 1.82) is 0 Å². The van der Waals surface area contributed by atoms with Crippen molar-refractivity contribution in [3.63, 3.8) is 0 Å². The van der Waals surface area contributed by atoms with Crippen molar-refractivity contribution in [1.82, 2.24) is 19.6 Å².